The maximum atomic E-state index is 12.0. The summed E-state index contributed by atoms with van der Waals surface area (Å²) in [6.45, 7) is 1.91. The summed E-state index contributed by atoms with van der Waals surface area (Å²) in [7, 11) is 3.11. The number of carbonyl (C=O) groups is 2. The van der Waals surface area contributed by atoms with Crippen LogP contribution < -0.4 is 20.2 Å². The van der Waals surface area contributed by atoms with E-state index in [9.17, 15) is 9.59 Å². The summed E-state index contributed by atoms with van der Waals surface area (Å²) >= 11 is 0. The smallest absolute Gasteiger partial charge is 0.240 e. The van der Waals surface area contributed by atoms with Crippen LogP contribution in [0, 0.1) is 6.92 Å². The Morgan fingerprint density at radius 1 is 1.04 bits per heavy atom. The van der Waals surface area contributed by atoms with Gasteiger partial charge in [-0.1, -0.05) is 18.2 Å². The molecule has 0 unspecified atom stereocenters. The Bertz CT molecular complexity index is 834. The summed E-state index contributed by atoms with van der Waals surface area (Å²) in [5, 5.41) is 6.70. The summed E-state index contributed by atoms with van der Waals surface area (Å²) in [5.74, 6) is 0.675. The molecular weight excluding hydrogens is 346 g/mol. The van der Waals surface area contributed by atoms with Crippen molar-refractivity contribution in [3.63, 3.8) is 0 Å². The van der Waals surface area contributed by atoms with Gasteiger partial charge < -0.3 is 14.8 Å². The number of hydrogen-bond acceptors (Lipinski definition) is 5. The van der Waals surface area contributed by atoms with Crippen molar-refractivity contribution in [2.75, 3.05) is 19.5 Å². The van der Waals surface area contributed by atoms with E-state index in [1.807, 2.05) is 31.2 Å². The highest BCUT2D eigenvalue weighted by molar-refractivity contribution is 5.94. The van der Waals surface area contributed by atoms with E-state index in [0.717, 1.165) is 11.3 Å². The molecular formula is C20H23N3O4. The Morgan fingerprint density at radius 3 is 2.48 bits per heavy atom. The SMILES string of the molecule is COc1ccc(OC)c(/C=N/NC(=O)CCC(=O)Nc2ccccc2C)c1. The second-order valence-electron chi connectivity index (χ2n) is 5.76. The van der Waals surface area contributed by atoms with E-state index in [0.29, 0.717) is 17.1 Å². The van der Waals surface area contributed by atoms with Crippen LogP contribution in [-0.4, -0.2) is 32.2 Å². The largest absolute Gasteiger partial charge is 0.497 e. The molecule has 0 heterocycles. The van der Waals surface area contributed by atoms with Gasteiger partial charge in [0.05, 0.1) is 20.4 Å². The van der Waals surface area contributed by atoms with Crippen LogP contribution in [-0.2, 0) is 9.59 Å². The Labute approximate surface area is 158 Å². The fourth-order valence-corrected chi connectivity index (χ4v) is 2.32. The third-order valence-corrected chi connectivity index (χ3v) is 3.83. The lowest BCUT2D eigenvalue weighted by Gasteiger charge is -2.08. The molecule has 27 heavy (non-hydrogen) atoms. The van der Waals surface area contributed by atoms with Gasteiger partial charge in [-0.15, -0.1) is 0 Å². The van der Waals surface area contributed by atoms with Gasteiger partial charge in [-0.3, -0.25) is 9.59 Å². The number of nitrogens with one attached hydrogen (secondary N) is 2. The molecule has 0 saturated heterocycles. The number of hydrogen-bond donors (Lipinski definition) is 2. The van der Waals surface area contributed by atoms with E-state index >= 15 is 0 Å². The van der Waals surface area contributed by atoms with Crippen LogP contribution in [0.1, 0.15) is 24.0 Å². The van der Waals surface area contributed by atoms with E-state index in [1.54, 1.807) is 32.4 Å². The Balaban J connectivity index is 1.83. The van der Waals surface area contributed by atoms with Crippen molar-refractivity contribution < 1.29 is 19.1 Å². The topological polar surface area (TPSA) is 89.0 Å². The lowest BCUT2D eigenvalue weighted by atomic mass is 10.2. The molecule has 0 aliphatic heterocycles. The second-order valence-corrected chi connectivity index (χ2v) is 5.76. The number of nitrogens with zero attached hydrogens (tertiary/aromatic N) is 1. The third-order valence-electron chi connectivity index (χ3n) is 3.83. The van der Waals surface area contributed by atoms with Crippen molar-refractivity contribution in [1.82, 2.24) is 5.43 Å². The van der Waals surface area contributed by atoms with Crippen molar-refractivity contribution in [1.29, 1.82) is 0 Å². The standard InChI is InChI=1S/C20H23N3O4/c1-14-6-4-5-7-17(14)22-19(24)10-11-20(25)23-21-13-15-12-16(26-2)8-9-18(15)27-3/h4-9,12-13H,10-11H2,1-3H3,(H,22,24)(H,23,25)/b21-13+. The minimum atomic E-state index is -0.354. The average Bonchev–Trinajstić information content (AvgIpc) is 2.68. The van der Waals surface area contributed by atoms with Crippen LogP contribution in [0.15, 0.2) is 47.6 Å². The number of rotatable bonds is 8. The Kier molecular flexibility index (Phi) is 7.37. The maximum Gasteiger partial charge on any atom is 0.240 e. The van der Waals surface area contributed by atoms with Crippen LogP contribution in [0.3, 0.4) is 0 Å². The molecule has 2 rings (SSSR count). The van der Waals surface area contributed by atoms with Crippen LogP contribution in [0.4, 0.5) is 5.69 Å². The highest BCUT2D eigenvalue weighted by Crippen LogP contribution is 2.22. The first-order valence-corrected chi connectivity index (χ1v) is 8.43. The lowest BCUT2D eigenvalue weighted by molar-refractivity contribution is -0.124. The first-order valence-electron chi connectivity index (χ1n) is 8.43. The predicted octanol–water partition coefficient (Wildman–Crippen LogP) is 2.88. The van der Waals surface area contributed by atoms with Gasteiger partial charge in [0.2, 0.25) is 11.8 Å². The summed E-state index contributed by atoms with van der Waals surface area (Å²) in [5.41, 5.74) is 4.77. The number of aryl methyl sites for hydroxylation is 1. The number of benzene rings is 2. The van der Waals surface area contributed by atoms with E-state index in [2.05, 4.69) is 15.8 Å². The molecule has 0 aromatic heterocycles. The first kappa shape index (κ1) is 20.0. The summed E-state index contributed by atoms with van der Waals surface area (Å²) in [6, 6.07) is 12.7. The van der Waals surface area contributed by atoms with Gasteiger partial charge in [-0.25, -0.2) is 5.43 Å². The zero-order chi connectivity index (χ0) is 19.6. The lowest BCUT2D eigenvalue weighted by Crippen LogP contribution is -2.20. The van der Waals surface area contributed by atoms with E-state index < -0.39 is 0 Å². The van der Waals surface area contributed by atoms with Crippen molar-refractivity contribution in [3.05, 3.63) is 53.6 Å². The van der Waals surface area contributed by atoms with Crippen LogP contribution in [0.5, 0.6) is 11.5 Å². The molecule has 2 N–H and O–H groups in total. The van der Waals surface area contributed by atoms with E-state index in [4.69, 9.17) is 9.47 Å². The molecule has 0 saturated carbocycles. The minimum Gasteiger partial charge on any atom is -0.497 e. The Morgan fingerprint density at radius 2 is 1.78 bits per heavy atom. The average molecular weight is 369 g/mol. The number of para-hydroxylation sites is 1. The number of anilines is 1. The molecule has 0 atom stereocenters. The third kappa shape index (κ3) is 6.14. The quantitative estimate of drug-likeness (QED) is 0.553. The number of methoxy groups -OCH3 is 2. The van der Waals surface area contributed by atoms with E-state index in [-0.39, 0.29) is 24.7 Å². The molecule has 0 bridgehead atoms. The number of ether oxygens (including phenoxy) is 2. The normalized spacial score (nSPS) is 10.5. The van der Waals surface area contributed by atoms with Gasteiger partial charge in [0.15, 0.2) is 0 Å². The van der Waals surface area contributed by atoms with E-state index in [1.165, 1.54) is 6.21 Å². The van der Waals surface area contributed by atoms with Gasteiger partial charge in [0.25, 0.3) is 0 Å². The number of amides is 2. The Hall–Kier alpha value is -3.35. The van der Waals surface area contributed by atoms with Gasteiger partial charge in [0.1, 0.15) is 11.5 Å². The fraction of sp³-hybridized carbons (Fsp3) is 0.250. The highest BCUT2D eigenvalue weighted by atomic mass is 16.5. The molecule has 0 spiro atoms. The molecule has 142 valence electrons. The zero-order valence-corrected chi connectivity index (χ0v) is 15.6. The maximum absolute atomic E-state index is 12.0. The first-order chi connectivity index (χ1) is 13.0. The van der Waals surface area contributed by atoms with Crippen LogP contribution >= 0.6 is 0 Å². The van der Waals surface area contributed by atoms with Crippen molar-refractivity contribution in [3.8, 4) is 11.5 Å². The summed E-state index contributed by atoms with van der Waals surface area (Å²) < 4.78 is 10.4. The molecule has 2 aromatic carbocycles. The fourth-order valence-electron chi connectivity index (χ4n) is 2.32. The van der Waals surface area contributed by atoms with Crippen molar-refractivity contribution in [2.24, 2.45) is 5.10 Å². The summed E-state index contributed by atoms with van der Waals surface area (Å²) in [6.07, 6.45) is 1.56. The molecule has 0 aliphatic carbocycles. The number of carbonyl (C=O) groups excluding carboxylic acids is 2. The zero-order valence-electron chi connectivity index (χ0n) is 15.6. The molecule has 7 heteroatoms. The molecule has 0 radical (unpaired) electrons. The predicted molar refractivity (Wildman–Crippen MR) is 104 cm³/mol. The highest BCUT2D eigenvalue weighted by Gasteiger charge is 2.08. The monoisotopic (exact) mass is 369 g/mol. The van der Waals surface area contributed by atoms with Crippen LogP contribution in [0.2, 0.25) is 0 Å². The molecule has 0 fully saturated rings. The van der Waals surface area contributed by atoms with Gasteiger partial charge in [0, 0.05) is 24.1 Å². The van der Waals surface area contributed by atoms with Crippen molar-refractivity contribution >= 4 is 23.7 Å². The van der Waals surface area contributed by atoms with Gasteiger partial charge in [-0.05, 0) is 36.8 Å². The number of hydrazone groups is 1. The molecule has 7 nitrogen and oxygen atoms in total. The van der Waals surface area contributed by atoms with Crippen LogP contribution in [0.25, 0.3) is 0 Å². The van der Waals surface area contributed by atoms with Gasteiger partial charge >= 0.3 is 0 Å². The summed E-state index contributed by atoms with van der Waals surface area (Å²) in [4.78, 5) is 23.8. The second kappa shape index (κ2) is 9.96. The van der Waals surface area contributed by atoms with Crippen molar-refractivity contribution in [2.45, 2.75) is 19.8 Å². The minimum absolute atomic E-state index is 0.0320. The van der Waals surface area contributed by atoms with Gasteiger partial charge in [-0.2, -0.15) is 5.10 Å². The molecule has 2 amide bonds. The molecule has 0 aliphatic rings. The molecule has 2 aromatic rings.